The number of hydrogen-bond acceptors (Lipinski definition) is 3. The van der Waals surface area contributed by atoms with Crippen LogP contribution in [0.3, 0.4) is 0 Å². The fourth-order valence-electron chi connectivity index (χ4n) is 1.35. The third kappa shape index (κ3) is 4.72. The van der Waals surface area contributed by atoms with Gasteiger partial charge in [-0.1, -0.05) is 29.3 Å². The number of rotatable bonds is 6. The van der Waals surface area contributed by atoms with E-state index < -0.39 is 0 Å². The van der Waals surface area contributed by atoms with E-state index in [2.05, 4.69) is 5.32 Å². The molecule has 1 atom stereocenters. The maximum atomic E-state index is 11.5. The van der Waals surface area contributed by atoms with E-state index in [0.29, 0.717) is 22.4 Å². The summed E-state index contributed by atoms with van der Waals surface area (Å²) in [6, 6.07) is 4.94. The van der Waals surface area contributed by atoms with E-state index in [4.69, 9.17) is 32.7 Å². The Kier molecular flexibility index (Phi) is 6.25. The van der Waals surface area contributed by atoms with Gasteiger partial charge in [-0.3, -0.25) is 4.79 Å². The Morgan fingerprint density at radius 3 is 2.83 bits per heavy atom. The van der Waals surface area contributed by atoms with Gasteiger partial charge in [-0.15, -0.1) is 0 Å². The summed E-state index contributed by atoms with van der Waals surface area (Å²) in [7, 11) is 1.57. The highest BCUT2D eigenvalue weighted by Gasteiger charge is 2.10. The third-order valence-corrected chi connectivity index (χ3v) is 2.90. The molecule has 0 aliphatic heterocycles. The van der Waals surface area contributed by atoms with Gasteiger partial charge >= 0.3 is 0 Å². The van der Waals surface area contributed by atoms with Gasteiger partial charge in [-0.25, -0.2) is 0 Å². The molecule has 100 valence electrons. The van der Waals surface area contributed by atoms with Gasteiger partial charge in [0, 0.05) is 13.2 Å². The van der Waals surface area contributed by atoms with E-state index in [1.807, 2.05) is 6.92 Å². The molecule has 0 fully saturated rings. The number of hydrogen-bond donors (Lipinski definition) is 1. The van der Waals surface area contributed by atoms with Gasteiger partial charge in [0.15, 0.2) is 6.61 Å². The summed E-state index contributed by atoms with van der Waals surface area (Å²) in [6.07, 6.45) is 0. The number of carbonyl (C=O) groups is 1. The Balaban J connectivity index is 2.45. The molecule has 0 saturated carbocycles. The normalized spacial score (nSPS) is 12.0. The van der Waals surface area contributed by atoms with Gasteiger partial charge < -0.3 is 14.8 Å². The lowest BCUT2D eigenvalue weighted by atomic mass is 10.3. The van der Waals surface area contributed by atoms with Crippen LogP contribution in [0.5, 0.6) is 5.75 Å². The predicted molar refractivity (Wildman–Crippen MR) is 71.4 cm³/mol. The second-order valence-corrected chi connectivity index (χ2v) is 4.55. The van der Waals surface area contributed by atoms with Crippen LogP contribution in [-0.4, -0.2) is 32.3 Å². The van der Waals surface area contributed by atoms with Crippen LogP contribution in [-0.2, 0) is 9.53 Å². The van der Waals surface area contributed by atoms with Crippen molar-refractivity contribution in [2.24, 2.45) is 0 Å². The molecule has 0 heterocycles. The van der Waals surface area contributed by atoms with E-state index in [1.54, 1.807) is 25.3 Å². The van der Waals surface area contributed by atoms with Crippen molar-refractivity contribution >= 4 is 29.1 Å². The quantitative estimate of drug-likeness (QED) is 0.876. The first-order valence-electron chi connectivity index (χ1n) is 5.39. The Bertz CT molecular complexity index is 412. The second-order valence-electron chi connectivity index (χ2n) is 3.76. The molecule has 1 aromatic carbocycles. The zero-order valence-corrected chi connectivity index (χ0v) is 11.7. The lowest BCUT2D eigenvalue weighted by molar-refractivity contribution is -0.124. The molecule has 1 unspecified atom stereocenters. The molecule has 0 aliphatic carbocycles. The van der Waals surface area contributed by atoms with Crippen LogP contribution in [0.25, 0.3) is 0 Å². The number of ether oxygens (including phenoxy) is 2. The molecule has 0 radical (unpaired) electrons. The first-order chi connectivity index (χ1) is 8.54. The number of benzene rings is 1. The summed E-state index contributed by atoms with van der Waals surface area (Å²) >= 11 is 11.7. The molecule has 1 N–H and O–H groups in total. The second kappa shape index (κ2) is 7.46. The van der Waals surface area contributed by atoms with Crippen LogP contribution in [0.4, 0.5) is 0 Å². The van der Waals surface area contributed by atoms with E-state index >= 15 is 0 Å². The molecule has 1 amide bonds. The van der Waals surface area contributed by atoms with Crippen LogP contribution in [0.1, 0.15) is 6.92 Å². The topological polar surface area (TPSA) is 47.6 Å². The fourth-order valence-corrected chi connectivity index (χ4v) is 1.69. The smallest absolute Gasteiger partial charge is 0.258 e. The summed E-state index contributed by atoms with van der Waals surface area (Å²) in [5, 5.41) is 3.41. The van der Waals surface area contributed by atoms with Gasteiger partial charge in [0.2, 0.25) is 0 Å². The highest BCUT2D eigenvalue weighted by atomic mass is 35.5. The van der Waals surface area contributed by atoms with Crippen molar-refractivity contribution in [3.63, 3.8) is 0 Å². The lowest BCUT2D eigenvalue weighted by Crippen LogP contribution is -2.38. The van der Waals surface area contributed by atoms with Crippen molar-refractivity contribution in [1.82, 2.24) is 5.32 Å². The molecule has 6 heteroatoms. The van der Waals surface area contributed by atoms with Gasteiger partial charge in [-0.05, 0) is 19.1 Å². The third-order valence-electron chi connectivity index (χ3n) is 2.10. The Labute approximate surface area is 116 Å². The van der Waals surface area contributed by atoms with Gasteiger partial charge in [0.05, 0.1) is 11.6 Å². The van der Waals surface area contributed by atoms with E-state index in [9.17, 15) is 4.79 Å². The maximum absolute atomic E-state index is 11.5. The number of nitrogens with one attached hydrogen (secondary N) is 1. The molecule has 0 bridgehead atoms. The molecule has 18 heavy (non-hydrogen) atoms. The molecule has 0 spiro atoms. The summed E-state index contributed by atoms with van der Waals surface area (Å²) in [4.78, 5) is 11.5. The number of halogens is 2. The van der Waals surface area contributed by atoms with Gasteiger partial charge in [0.25, 0.3) is 5.91 Å². The molecular weight excluding hydrogens is 277 g/mol. The molecule has 1 rings (SSSR count). The fraction of sp³-hybridized carbons (Fsp3) is 0.417. The summed E-state index contributed by atoms with van der Waals surface area (Å²) in [6.45, 7) is 2.17. The largest absolute Gasteiger partial charge is 0.482 e. The molecular formula is C12H15Cl2NO3. The number of amides is 1. The summed E-state index contributed by atoms with van der Waals surface area (Å²) in [5.74, 6) is 0.148. The van der Waals surface area contributed by atoms with Crippen LogP contribution >= 0.6 is 23.2 Å². The van der Waals surface area contributed by atoms with Crippen molar-refractivity contribution < 1.29 is 14.3 Å². The molecule has 0 saturated heterocycles. The van der Waals surface area contributed by atoms with Crippen molar-refractivity contribution in [3.05, 3.63) is 28.2 Å². The van der Waals surface area contributed by atoms with Crippen molar-refractivity contribution in [2.45, 2.75) is 13.0 Å². The zero-order valence-electron chi connectivity index (χ0n) is 10.2. The minimum absolute atomic E-state index is 0.0686. The SMILES string of the molecule is COCC(C)NC(=O)COc1cccc(Cl)c1Cl. The van der Waals surface area contributed by atoms with Crippen molar-refractivity contribution in [3.8, 4) is 5.75 Å². The van der Waals surface area contributed by atoms with E-state index in [0.717, 1.165) is 0 Å². The van der Waals surface area contributed by atoms with Crippen LogP contribution < -0.4 is 10.1 Å². The van der Waals surface area contributed by atoms with Crippen molar-refractivity contribution in [1.29, 1.82) is 0 Å². The van der Waals surface area contributed by atoms with Crippen LogP contribution in [0, 0.1) is 0 Å². The highest BCUT2D eigenvalue weighted by Crippen LogP contribution is 2.31. The van der Waals surface area contributed by atoms with Crippen molar-refractivity contribution in [2.75, 3.05) is 20.3 Å². The standard InChI is InChI=1S/C12H15Cl2NO3/c1-8(6-17-2)15-11(16)7-18-10-5-3-4-9(13)12(10)14/h3-5,8H,6-7H2,1-2H3,(H,15,16). The average Bonchev–Trinajstić information content (AvgIpc) is 2.31. The summed E-state index contributed by atoms with van der Waals surface area (Å²) in [5.41, 5.74) is 0. The number of methoxy groups -OCH3 is 1. The predicted octanol–water partition coefficient (Wildman–Crippen LogP) is 2.52. The Morgan fingerprint density at radius 2 is 2.17 bits per heavy atom. The Hall–Kier alpha value is -0.970. The monoisotopic (exact) mass is 291 g/mol. The van der Waals surface area contributed by atoms with Gasteiger partial charge in [-0.2, -0.15) is 0 Å². The first-order valence-corrected chi connectivity index (χ1v) is 6.15. The molecule has 0 aliphatic rings. The van der Waals surface area contributed by atoms with Crippen LogP contribution in [0.15, 0.2) is 18.2 Å². The van der Waals surface area contributed by atoms with E-state index in [-0.39, 0.29) is 18.6 Å². The zero-order chi connectivity index (χ0) is 13.5. The first kappa shape index (κ1) is 15.1. The van der Waals surface area contributed by atoms with Crippen LogP contribution in [0.2, 0.25) is 10.0 Å². The molecule has 1 aromatic rings. The summed E-state index contributed by atoms with van der Waals surface area (Å²) < 4.78 is 10.2. The van der Waals surface area contributed by atoms with E-state index in [1.165, 1.54) is 0 Å². The minimum Gasteiger partial charge on any atom is -0.482 e. The molecule has 0 aromatic heterocycles. The maximum Gasteiger partial charge on any atom is 0.258 e. The van der Waals surface area contributed by atoms with Gasteiger partial charge in [0.1, 0.15) is 10.8 Å². The highest BCUT2D eigenvalue weighted by molar-refractivity contribution is 6.42. The Morgan fingerprint density at radius 1 is 1.44 bits per heavy atom. The average molecular weight is 292 g/mol. The minimum atomic E-state index is -0.240. The molecule has 4 nitrogen and oxygen atoms in total. The lowest BCUT2D eigenvalue weighted by Gasteiger charge is -2.13. The number of carbonyl (C=O) groups excluding carboxylic acids is 1.